The summed E-state index contributed by atoms with van der Waals surface area (Å²) >= 11 is 3.28. The molecule has 0 aliphatic carbocycles. The van der Waals surface area contributed by atoms with Gasteiger partial charge in [-0.2, -0.15) is 5.10 Å². The molecule has 0 unspecified atom stereocenters. The normalized spacial score (nSPS) is 10.2. The maximum atomic E-state index is 11.9. The SMILES string of the molecule is CCn1cc(NC(=O)c2ncccc2Br)cn1. The van der Waals surface area contributed by atoms with Gasteiger partial charge < -0.3 is 5.32 Å². The first kappa shape index (κ1) is 11.8. The summed E-state index contributed by atoms with van der Waals surface area (Å²) in [6.45, 7) is 2.75. The highest BCUT2D eigenvalue weighted by Crippen LogP contribution is 2.15. The monoisotopic (exact) mass is 294 g/mol. The molecule has 2 rings (SSSR count). The third-order valence-corrected chi connectivity index (χ3v) is 2.83. The number of amides is 1. The van der Waals surface area contributed by atoms with Crippen LogP contribution in [0.2, 0.25) is 0 Å². The Balaban J connectivity index is 2.14. The summed E-state index contributed by atoms with van der Waals surface area (Å²) in [7, 11) is 0. The Morgan fingerprint density at radius 2 is 2.41 bits per heavy atom. The molecular weight excluding hydrogens is 284 g/mol. The first-order valence-corrected chi connectivity index (χ1v) is 5.94. The van der Waals surface area contributed by atoms with Crippen LogP contribution in [-0.4, -0.2) is 20.7 Å². The van der Waals surface area contributed by atoms with Gasteiger partial charge in [-0.25, -0.2) is 4.98 Å². The number of nitrogens with one attached hydrogen (secondary N) is 1. The first-order chi connectivity index (χ1) is 8.20. The third-order valence-electron chi connectivity index (χ3n) is 2.19. The highest BCUT2D eigenvalue weighted by molar-refractivity contribution is 9.10. The Morgan fingerprint density at radius 3 is 3.06 bits per heavy atom. The number of rotatable bonds is 3. The van der Waals surface area contributed by atoms with Crippen molar-refractivity contribution in [3.63, 3.8) is 0 Å². The predicted molar refractivity (Wildman–Crippen MR) is 67.8 cm³/mol. The molecule has 6 heteroatoms. The van der Waals surface area contributed by atoms with E-state index in [2.05, 4.69) is 31.3 Å². The molecule has 0 aromatic carbocycles. The van der Waals surface area contributed by atoms with Crippen LogP contribution >= 0.6 is 15.9 Å². The smallest absolute Gasteiger partial charge is 0.275 e. The van der Waals surface area contributed by atoms with Gasteiger partial charge in [-0.15, -0.1) is 0 Å². The lowest BCUT2D eigenvalue weighted by Crippen LogP contribution is -2.13. The quantitative estimate of drug-likeness (QED) is 0.945. The van der Waals surface area contributed by atoms with E-state index in [1.54, 1.807) is 35.4 Å². The second-order valence-electron chi connectivity index (χ2n) is 3.37. The van der Waals surface area contributed by atoms with Crippen molar-refractivity contribution in [1.29, 1.82) is 0 Å². The number of carbonyl (C=O) groups excluding carboxylic acids is 1. The van der Waals surface area contributed by atoms with Crippen molar-refractivity contribution in [2.24, 2.45) is 0 Å². The summed E-state index contributed by atoms with van der Waals surface area (Å²) in [6.07, 6.45) is 4.96. The average molecular weight is 295 g/mol. The minimum absolute atomic E-state index is 0.256. The fraction of sp³-hybridized carbons (Fsp3) is 0.182. The summed E-state index contributed by atoms with van der Waals surface area (Å²) in [4.78, 5) is 15.9. The van der Waals surface area contributed by atoms with Crippen LogP contribution in [0.15, 0.2) is 35.2 Å². The molecule has 17 heavy (non-hydrogen) atoms. The fourth-order valence-corrected chi connectivity index (χ4v) is 1.78. The van der Waals surface area contributed by atoms with Crippen LogP contribution in [0, 0.1) is 0 Å². The van der Waals surface area contributed by atoms with E-state index >= 15 is 0 Å². The summed E-state index contributed by atoms with van der Waals surface area (Å²) in [5.41, 5.74) is 1.02. The van der Waals surface area contributed by atoms with E-state index in [4.69, 9.17) is 0 Å². The maximum Gasteiger partial charge on any atom is 0.275 e. The minimum Gasteiger partial charge on any atom is -0.318 e. The van der Waals surface area contributed by atoms with Gasteiger partial charge >= 0.3 is 0 Å². The van der Waals surface area contributed by atoms with Crippen molar-refractivity contribution in [2.75, 3.05) is 5.32 Å². The van der Waals surface area contributed by atoms with Crippen LogP contribution in [0.5, 0.6) is 0 Å². The number of pyridine rings is 1. The standard InChI is InChI=1S/C11H11BrN4O/c1-2-16-7-8(6-14-16)15-11(17)10-9(12)4-3-5-13-10/h3-7H,2H2,1H3,(H,15,17). The first-order valence-electron chi connectivity index (χ1n) is 5.15. The van der Waals surface area contributed by atoms with Gasteiger partial charge in [-0.05, 0) is 35.0 Å². The summed E-state index contributed by atoms with van der Waals surface area (Å²) in [5, 5.41) is 6.81. The zero-order valence-corrected chi connectivity index (χ0v) is 10.8. The van der Waals surface area contributed by atoms with Gasteiger partial charge in [0, 0.05) is 23.4 Å². The van der Waals surface area contributed by atoms with Crippen LogP contribution in [0.4, 0.5) is 5.69 Å². The fourth-order valence-electron chi connectivity index (χ4n) is 1.34. The molecule has 5 nitrogen and oxygen atoms in total. The van der Waals surface area contributed by atoms with Crippen LogP contribution in [0.1, 0.15) is 17.4 Å². The minimum atomic E-state index is -0.256. The van der Waals surface area contributed by atoms with Crippen molar-refractivity contribution >= 4 is 27.5 Å². The van der Waals surface area contributed by atoms with E-state index in [9.17, 15) is 4.79 Å². The van der Waals surface area contributed by atoms with Gasteiger partial charge in [0.25, 0.3) is 5.91 Å². The second kappa shape index (κ2) is 5.09. The Morgan fingerprint density at radius 1 is 1.59 bits per heavy atom. The van der Waals surface area contributed by atoms with Crippen molar-refractivity contribution in [1.82, 2.24) is 14.8 Å². The number of hydrogen-bond donors (Lipinski definition) is 1. The molecule has 1 N–H and O–H groups in total. The molecule has 88 valence electrons. The number of nitrogens with zero attached hydrogens (tertiary/aromatic N) is 3. The molecule has 0 radical (unpaired) electrons. The van der Waals surface area contributed by atoms with Crippen LogP contribution in [-0.2, 0) is 6.54 Å². The molecular formula is C11H11BrN4O. The molecule has 0 saturated carbocycles. The molecule has 0 saturated heterocycles. The highest BCUT2D eigenvalue weighted by atomic mass is 79.9. The van der Waals surface area contributed by atoms with E-state index < -0.39 is 0 Å². The summed E-state index contributed by atoms with van der Waals surface area (Å²) in [5.74, 6) is -0.256. The summed E-state index contributed by atoms with van der Waals surface area (Å²) < 4.78 is 2.41. The second-order valence-corrected chi connectivity index (χ2v) is 4.23. The molecule has 0 fully saturated rings. The molecule has 2 aromatic rings. The van der Waals surface area contributed by atoms with Crippen molar-refractivity contribution in [3.05, 3.63) is 40.9 Å². The van der Waals surface area contributed by atoms with E-state index in [0.29, 0.717) is 15.9 Å². The van der Waals surface area contributed by atoms with Crippen molar-refractivity contribution in [3.8, 4) is 0 Å². The Hall–Kier alpha value is -1.69. The van der Waals surface area contributed by atoms with Gasteiger partial charge in [0.15, 0.2) is 0 Å². The van der Waals surface area contributed by atoms with Crippen molar-refractivity contribution in [2.45, 2.75) is 13.5 Å². The van der Waals surface area contributed by atoms with Gasteiger partial charge in [-0.1, -0.05) is 0 Å². The molecule has 0 aliphatic rings. The largest absolute Gasteiger partial charge is 0.318 e. The van der Waals surface area contributed by atoms with E-state index in [1.165, 1.54) is 0 Å². The average Bonchev–Trinajstić information content (AvgIpc) is 2.77. The van der Waals surface area contributed by atoms with E-state index in [0.717, 1.165) is 6.54 Å². The van der Waals surface area contributed by atoms with Gasteiger partial charge in [0.1, 0.15) is 5.69 Å². The molecule has 2 aromatic heterocycles. The van der Waals surface area contributed by atoms with E-state index in [1.807, 2.05) is 6.92 Å². The van der Waals surface area contributed by atoms with Gasteiger partial charge in [-0.3, -0.25) is 9.48 Å². The van der Waals surface area contributed by atoms with Crippen molar-refractivity contribution < 1.29 is 4.79 Å². The molecule has 0 atom stereocenters. The zero-order chi connectivity index (χ0) is 12.3. The number of anilines is 1. The Labute approximate surface area is 107 Å². The molecule has 0 bridgehead atoms. The molecule has 2 heterocycles. The Kier molecular flexibility index (Phi) is 3.53. The van der Waals surface area contributed by atoms with E-state index in [-0.39, 0.29) is 5.91 Å². The highest BCUT2D eigenvalue weighted by Gasteiger charge is 2.11. The van der Waals surface area contributed by atoms with Crippen LogP contribution in [0.25, 0.3) is 0 Å². The zero-order valence-electron chi connectivity index (χ0n) is 9.22. The van der Waals surface area contributed by atoms with Gasteiger partial charge in [0.05, 0.1) is 11.9 Å². The number of carbonyl (C=O) groups is 1. The number of aryl methyl sites for hydroxylation is 1. The molecule has 1 amide bonds. The topological polar surface area (TPSA) is 59.8 Å². The lowest BCUT2D eigenvalue weighted by Gasteiger charge is -2.02. The molecule has 0 spiro atoms. The van der Waals surface area contributed by atoms with Crippen LogP contribution < -0.4 is 5.32 Å². The lowest BCUT2D eigenvalue weighted by atomic mass is 10.3. The number of aromatic nitrogens is 3. The van der Waals surface area contributed by atoms with Gasteiger partial charge in [0.2, 0.25) is 0 Å². The third kappa shape index (κ3) is 2.71. The molecule has 0 aliphatic heterocycles. The number of hydrogen-bond acceptors (Lipinski definition) is 3. The summed E-state index contributed by atoms with van der Waals surface area (Å²) in [6, 6.07) is 3.54. The predicted octanol–water partition coefficient (Wildman–Crippen LogP) is 2.31. The lowest BCUT2D eigenvalue weighted by molar-refractivity contribution is 0.102. The Bertz CT molecular complexity index is 538. The van der Waals surface area contributed by atoms with Crippen LogP contribution in [0.3, 0.4) is 0 Å². The number of halogens is 1. The maximum absolute atomic E-state index is 11.9.